The van der Waals surface area contributed by atoms with E-state index in [0.29, 0.717) is 0 Å². The molecule has 0 aromatic heterocycles. The van der Waals surface area contributed by atoms with Crippen LogP contribution in [0.1, 0.15) is 20.8 Å². The van der Waals surface area contributed by atoms with Crippen LogP contribution in [0.25, 0.3) is 0 Å². The van der Waals surface area contributed by atoms with Crippen molar-refractivity contribution < 1.29 is 24.2 Å². The molecule has 18 heavy (non-hydrogen) atoms. The lowest BCUT2D eigenvalue weighted by molar-refractivity contribution is -0.159. The third-order valence-electron chi connectivity index (χ3n) is 3.12. The second kappa shape index (κ2) is 4.49. The van der Waals surface area contributed by atoms with Crippen LogP contribution in [0.4, 0.5) is 0 Å². The number of nitrogens with one attached hydrogen (secondary N) is 2. The van der Waals surface area contributed by atoms with Gasteiger partial charge >= 0.3 is 5.97 Å². The Morgan fingerprint density at radius 2 is 1.94 bits per heavy atom. The minimum Gasteiger partial charge on any atom is -0.481 e. The predicted octanol–water partition coefficient (Wildman–Crippen LogP) is -0.727. The van der Waals surface area contributed by atoms with Crippen LogP contribution in [0.3, 0.4) is 0 Å². The number of carboxylic acid groups (broad SMARTS) is 1. The number of carbonyl (C=O) groups excluding carboxylic acids is 1. The second-order valence-corrected chi connectivity index (χ2v) is 5.10. The van der Waals surface area contributed by atoms with Gasteiger partial charge in [0, 0.05) is 13.5 Å². The zero-order valence-corrected chi connectivity index (χ0v) is 10.6. The minimum atomic E-state index is -0.930. The highest BCUT2D eigenvalue weighted by Gasteiger charge is 2.53. The second-order valence-electron chi connectivity index (χ2n) is 5.10. The molecule has 1 amide bonds. The molecule has 2 saturated heterocycles. The number of piperidine rings is 1. The number of fused-ring (bicyclic) bond motifs is 1. The monoisotopic (exact) mass is 258 g/mol. The molecule has 0 bridgehead atoms. The smallest absolute Gasteiger partial charge is 0.310 e. The molecule has 4 atom stereocenters. The number of hydrogen-bond donors (Lipinski definition) is 3. The molecule has 0 aromatic carbocycles. The van der Waals surface area contributed by atoms with Crippen LogP contribution in [0.2, 0.25) is 0 Å². The van der Waals surface area contributed by atoms with E-state index in [9.17, 15) is 9.59 Å². The Bertz CT molecular complexity index is 370. The van der Waals surface area contributed by atoms with E-state index in [0.717, 1.165) is 0 Å². The van der Waals surface area contributed by atoms with Crippen molar-refractivity contribution in [3.05, 3.63) is 0 Å². The van der Waals surface area contributed by atoms with E-state index >= 15 is 0 Å². The normalized spacial score (nSPS) is 37.9. The molecule has 2 fully saturated rings. The van der Waals surface area contributed by atoms with Crippen molar-refractivity contribution in [3.63, 3.8) is 0 Å². The highest BCUT2D eigenvalue weighted by Crippen LogP contribution is 2.35. The van der Waals surface area contributed by atoms with Crippen molar-refractivity contribution in [1.82, 2.24) is 10.6 Å². The quantitative estimate of drug-likeness (QED) is 0.604. The number of rotatable bonds is 2. The molecule has 0 aromatic rings. The fourth-order valence-electron chi connectivity index (χ4n) is 2.45. The van der Waals surface area contributed by atoms with Gasteiger partial charge in [0.25, 0.3) is 0 Å². The van der Waals surface area contributed by atoms with Gasteiger partial charge in [0.05, 0.1) is 5.92 Å². The summed E-state index contributed by atoms with van der Waals surface area (Å²) in [7, 11) is 0. The van der Waals surface area contributed by atoms with Crippen LogP contribution in [-0.2, 0) is 19.1 Å². The van der Waals surface area contributed by atoms with Crippen LogP contribution in [-0.4, -0.2) is 47.7 Å². The molecule has 0 spiro atoms. The number of hydrogen-bond acceptors (Lipinski definition) is 5. The topological polar surface area (TPSA) is 96.9 Å². The van der Waals surface area contributed by atoms with Crippen molar-refractivity contribution in [2.24, 2.45) is 5.92 Å². The summed E-state index contributed by atoms with van der Waals surface area (Å²) >= 11 is 0. The maximum Gasteiger partial charge on any atom is 0.310 e. The third kappa shape index (κ3) is 2.47. The number of aliphatic carboxylic acids is 1. The number of carboxylic acids is 1. The van der Waals surface area contributed by atoms with Crippen LogP contribution < -0.4 is 10.6 Å². The van der Waals surface area contributed by atoms with E-state index < -0.39 is 36.0 Å². The van der Waals surface area contributed by atoms with Gasteiger partial charge in [0.15, 0.2) is 5.79 Å². The van der Waals surface area contributed by atoms with Crippen molar-refractivity contribution in [2.75, 3.05) is 6.54 Å². The first-order valence-corrected chi connectivity index (χ1v) is 5.89. The molecule has 2 heterocycles. The van der Waals surface area contributed by atoms with Gasteiger partial charge in [-0.1, -0.05) is 0 Å². The summed E-state index contributed by atoms with van der Waals surface area (Å²) in [5.74, 6) is -2.65. The average molecular weight is 258 g/mol. The molecule has 7 heteroatoms. The highest BCUT2D eigenvalue weighted by atomic mass is 16.8. The fraction of sp³-hybridized carbons (Fsp3) is 0.818. The Morgan fingerprint density at radius 1 is 1.33 bits per heavy atom. The zero-order chi connectivity index (χ0) is 13.5. The molecule has 0 radical (unpaired) electrons. The molecule has 7 nitrogen and oxygen atoms in total. The summed E-state index contributed by atoms with van der Waals surface area (Å²) in [6, 6.07) is 0. The van der Waals surface area contributed by atoms with Crippen LogP contribution in [0.5, 0.6) is 0 Å². The Labute approximate surface area is 105 Å². The molecular weight excluding hydrogens is 240 g/mol. The van der Waals surface area contributed by atoms with Crippen LogP contribution in [0, 0.1) is 5.92 Å². The molecule has 2 rings (SSSR count). The maximum absolute atomic E-state index is 11.2. The summed E-state index contributed by atoms with van der Waals surface area (Å²) in [4.78, 5) is 22.3. The van der Waals surface area contributed by atoms with E-state index in [1.807, 2.05) is 0 Å². The molecule has 3 N–H and O–H groups in total. The van der Waals surface area contributed by atoms with Gasteiger partial charge in [-0.05, 0) is 13.8 Å². The lowest BCUT2D eigenvalue weighted by Crippen LogP contribution is -2.63. The van der Waals surface area contributed by atoms with Gasteiger partial charge in [-0.2, -0.15) is 0 Å². The van der Waals surface area contributed by atoms with E-state index in [-0.39, 0.29) is 12.5 Å². The third-order valence-corrected chi connectivity index (χ3v) is 3.12. The molecule has 0 unspecified atom stereocenters. The van der Waals surface area contributed by atoms with Gasteiger partial charge in [0.1, 0.15) is 18.4 Å². The summed E-state index contributed by atoms with van der Waals surface area (Å²) in [6.07, 6.45) is -1.49. The Balaban J connectivity index is 2.18. The van der Waals surface area contributed by atoms with E-state index in [4.69, 9.17) is 14.6 Å². The van der Waals surface area contributed by atoms with Crippen LogP contribution >= 0.6 is 0 Å². The van der Waals surface area contributed by atoms with Crippen molar-refractivity contribution in [2.45, 2.75) is 44.9 Å². The maximum atomic E-state index is 11.2. The minimum absolute atomic E-state index is 0.201. The first-order valence-electron chi connectivity index (χ1n) is 5.89. The molecule has 2 aliphatic heterocycles. The van der Waals surface area contributed by atoms with E-state index in [1.54, 1.807) is 13.8 Å². The first-order chi connectivity index (χ1) is 8.30. The Morgan fingerprint density at radius 3 is 2.50 bits per heavy atom. The van der Waals surface area contributed by atoms with Crippen molar-refractivity contribution in [3.8, 4) is 0 Å². The number of carbonyl (C=O) groups is 2. The lowest BCUT2D eigenvalue weighted by atomic mass is 9.92. The highest BCUT2D eigenvalue weighted by molar-refractivity contribution is 5.74. The Hall–Kier alpha value is -1.18. The zero-order valence-electron chi connectivity index (χ0n) is 10.6. The summed E-state index contributed by atoms with van der Waals surface area (Å²) < 4.78 is 11.3. The summed E-state index contributed by atoms with van der Waals surface area (Å²) in [5, 5.41) is 14.8. The Kier molecular flexibility index (Phi) is 3.31. The largest absolute Gasteiger partial charge is 0.481 e. The molecular formula is C11H18N2O5. The number of amides is 1. The number of ether oxygens (including phenoxy) is 2. The first kappa shape index (κ1) is 13.3. The molecule has 2 aliphatic rings. The van der Waals surface area contributed by atoms with E-state index in [1.165, 1.54) is 6.92 Å². The van der Waals surface area contributed by atoms with Crippen molar-refractivity contribution >= 4 is 11.9 Å². The average Bonchev–Trinajstić information content (AvgIpc) is 2.52. The van der Waals surface area contributed by atoms with Gasteiger partial charge < -0.3 is 19.9 Å². The van der Waals surface area contributed by atoms with Crippen molar-refractivity contribution in [1.29, 1.82) is 0 Å². The van der Waals surface area contributed by atoms with Gasteiger partial charge in [0.2, 0.25) is 5.91 Å². The van der Waals surface area contributed by atoms with Crippen LogP contribution in [0.15, 0.2) is 0 Å². The summed E-state index contributed by atoms with van der Waals surface area (Å²) in [6.45, 7) is 5.10. The molecule has 102 valence electrons. The molecule has 0 aliphatic carbocycles. The fourth-order valence-corrected chi connectivity index (χ4v) is 2.45. The van der Waals surface area contributed by atoms with Gasteiger partial charge in [-0.15, -0.1) is 0 Å². The predicted molar refractivity (Wildman–Crippen MR) is 60.6 cm³/mol. The SMILES string of the molecule is CC(=O)N[C@@H]1NC[C@@H](C(=O)O)[C@H]2OC(C)(C)O[C@@H]12. The standard InChI is InChI=1S/C11H18N2O5/c1-5(14)13-9-8-7(17-11(2,3)18-8)6(4-12-9)10(15)16/h6-9,12H,4H2,1-3H3,(H,13,14)(H,15,16)/t6-,7-,8-,9+/m1/s1. The molecule has 0 saturated carbocycles. The van der Waals surface area contributed by atoms with Gasteiger partial charge in [-0.25, -0.2) is 0 Å². The lowest BCUT2D eigenvalue weighted by Gasteiger charge is -2.36. The summed E-state index contributed by atoms with van der Waals surface area (Å²) in [5.41, 5.74) is 0. The van der Waals surface area contributed by atoms with Gasteiger partial charge in [-0.3, -0.25) is 14.9 Å². The van der Waals surface area contributed by atoms with E-state index in [2.05, 4.69) is 10.6 Å².